The van der Waals surface area contributed by atoms with E-state index < -0.39 is 0 Å². The fraction of sp³-hybridized carbons (Fsp3) is 0.114. The third kappa shape index (κ3) is 6.72. The first kappa shape index (κ1) is 44.5. The molecule has 5 nitrogen and oxygen atoms in total. The monoisotopic (exact) mass is 979 g/mol. The summed E-state index contributed by atoms with van der Waals surface area (Å²) in [6.07, 6.45) is 0. The van der Waals surface area contributed by atoms with Crippen LogP contribution in [0, 0.1) is 0 Å². The second-order valence-electron chi connectivity index (χ2n) is 22.9. The number of furan rings is 2. The lowest BCUT2D eigenvalue weighted by Crippen LogP contribution is -2.61. The molecule has 0 amide bonds. The highest BCUT2D eigenvalue weighted by molar-refractivity contribution is 7.00. The van der Waals surface area contributed by atoms with Crippen molar-refractivity contribution in [2.75, 3.05) is 14.7 Å². The average molecular weight is 980 g/mol. The number of hydrogen-bond donors (Lipinski definition) is 0. The molecule has 0 unspecified atom stereocenters. The molecule has 2 aliphatic rings. The number of nitrogens with zero attached hydrogens (tertiary/aromatic N) is 3. The van der Waals surface area contributed by atoms with Crippen LogP contribution in [0.15, 0.2) is 227 Å². The minimum absolute atomic E-state index is 0.00755. The van der Waals surface area contributed by atoms with Crippen molar-refractivity contribution in [3.8, 4) is 0 Å². The molecule has 76 heavy (non-hydrogen) atoms. The molecule has 4 heterocycles. The van der Waals surface area contributed by atoms with Gasteiger partial charge in [0.05, 0.1) is 11.1 Å². The molecule has 0 aliphatic carbocycles. The molecule has 0 N–H and O–H groups in total. The molecule has 13 aromatic rings. The Hall–Kier alpha value is -9.00. The molecule has 0 fully saturated rings. The molecule has 0 bridgehead atoms. The van der Waals surface area contributed by atoms with E-state index >= 15 is 0 Å². The van der Waals surface area contributed by atoms with Crippen molar-refractivity contribution in [1.82, 2.24) is 0 Å². The van der Waals surface area contributed by atoms with Crippen molar-refractivity contribution in [1.29, 1.82) is 0 Å². The summed E-state index contributed by atoms with van der Waals surface area (Å²) in [5, 5.41) is 9.29. The highest BCUT2D eigenvalue weighted by Crippen LogP contribution is 2.50. The van der Waals surface area contributed by atoms with E-state index in [1.807, 2.05) is 6.07 Å². The first-order valence-electron chi connectivity index (χ1n) is 26.6. The van der Waals surface area contributed by atoms with Crippen molar-refractivity contribution in [3.05, 3.63) is 230 Å². The number of rotatable bonds is 5. The van der Waals surface area contributed by atoms with E-state index in [1.165, 1.54) is 49.1 Å². The van der Waals surface area contributed by atoms with Gasteiger partial charge in [-0.15, -0.1) is 0 Å². The summed E-state index contributed by atoms with van der Waals surface area (Å²) in [4.78, 5) is 7.48. The van der Waals surface area contributed by atoms with Crippen LogP contribution in [0.4, 0.5) is 51.2 Å². The summed E-state index contributed by atoms with van der Waals surface area (Å²) in [6.45, 7) is 13.6. The van der Waals surface area contributed by atoms with Gasteiger partial charge in [-0.1, -0.05) is 163 Å². The van der Waals surface area contributed by atoms with E-state index in [9.17, 15) is 0 Å². The molecular formula is C70H54BN3O2. The molecule has 2 aliphatic heterocycles. The van der Waals surface area contributed by atoms with Gasteiger partial charge in [0.2, 0.25) is 0 Å². The molecule has 11 aromatic carbocycles. The molecule has 15 rings (SSSR count). The Morgan fingerprint density at radius 2 is 0.868 bits per heavy atom. The lowest BCUT2D eigenvalue weighted by Gasteiger charge is -2.44. The third-order valence-corrected chi connectivity index (χ3v) is 16.3. The lowest BCUT2D eigenvalue weighted by molar-refractivity contribution is 0.590. The lowest BCUT2D eigenvalue weighted by atomic mass is 9.33. The third-order valence-electron chi connectivity index (χ3n) is 16.3. The molecular weight excluding hydrogens is 926 g/mol. The van der Waals surface area contributed by atoms with E-state index in [0.29, 0.717) is 0 Å². The smallest absolute Gasteiger partial charge is 0.252 e. The molecule has 0 atom stereocenters. The molecule has 0 radical (unpaired) electrons. The highest BCUT2D eigenvalue weighted by Gasteiger charge is 2.44. The molecule has 2 aromatic heterocycles. The summed E-state index contributed by atoms with van der Waals surface area (Å²) in [5.74, 6) is 0. The van der Waals surface area contributed by atoms with Crippen LogP contribution in [0.5, 0.6) is 0 Å². The van der Waals surface area contributed by atoms with Crippen molar-refractivity contribution < 1.29 is 8.83 Å². The minimum Gasteiger partial charge on any atom is -0.456 e. The van der Waals surface area contributed by atoms with Crippen molar-refractivity contribution in [2.45, 2.75) is 52.4 Å². The summed E-state index contributed by atoms with van der Waals surface area (Å²) in [5.41, 5.74) is 19.9. The van der Waals surface area contributed by atoms with Gasteiger partial charge in [0.15, 0.2) is 0 Å². The number of benzene rings is 11. The average Bonchev–Trinajstić information content (AvgIpc) is 4.15. The maximum atomic E-state index is 6.71. The molecule has 6 heteroatoms. The number of hydrogen-bond acceptors (Lipinski definition) is 5. The minimum atomic E-state index is -0.104. The number of anilines is 9. The van der Waals surface area contributed by atoms with E-state index in [-0.39, 0.29) is 17.5 Å². The Labute approximate surface area is 442 Å². The Morgan fingerprint density at radius 3 is 1.58 bits per heavy atom. The maximum absolute atomic E-state index is 6.71. The van der Waals surface area contributed by atoms with Crippen LogP contribution in [0.2, 0.25) is 0 Å². The van der Waals surface area contributed by atoms with E-state index in [1.54, 1.807) is 0 Å². The number of fused-ring (bicyclic) bond motifs is 14. The predicted molar refractivity (Wildman–Crippen MR) is 322 cm³/mol. The van der Waals surface area contributed by atoms with Crippen LogP contribution >= 0.6 is 0 Å². The topological polar surface area (TPSA) is 36.0 Å². The van der Waals surface area contributed by atoms with E-state index in [2.05, 4.69) is 269 Å². The summed E-state index contributed by atoms with van der Waals surface area (Å²) < 4.78 is 13.2. The Balaban J connectivity index is 1.01. The van der Waals surface area contributed by atoms with Gasteiger partial charge in [0.1, 0.15) is 22.3 Å². The van der Waals surface area contributed by atoms with Crippen LogP contribution in [-0.2, 0) is 10.8 Å². The van der Waals surface area contributed by atoms with Gasteiger partial charge in [-0.05, 0) is 157 Å². The van der Waals surface area contributed by atoms with Crippen molar-refractivity contribution in [2.24, 2.45) is 0 Å². The number of para-hydroxylation sites is 2. The van der Waals surface area contributed by atoms with Crippen LogP contribution in [-0.4, -0.2) is 6.71 Å². The zero-order valence-electron chi connectivity index (χ0n) is 43.5. The van der Waals surface area contributed by atoms with Gasteiger partial charge >= 0.3 is 0 Å². The molecule has 0 saturated carbocycles. The van der Waals surface area contributed by atoms with Crippen molar-refractivity contribution >= 4 is 140 Å². The van der Waals surface area contributed by atoms with Crippen LogP contribution in [0.3, 0.4) is 0 Å². The van der Waals surface area contributed by atoms with Gasteiger partial charge in [0, 0.05) is 61.7 Å². The summed E-state index contributed by atoms with van der Waals surface area (Å²) >= 11 is 0. The second-order valence-corrected chi connectivity index (χ2v) is 22.9. The SMILES string of the molecule is CC(C)(C)c1ccc(N2c3cc(N(c4ccc5ccc6ccccc6c5c4)c4ccc5oc6ccccc6c5c4)ccc3B3c4ccc5oc6ccccc6c5c4N(c4ccc(C(C)(C)C)cc4)c4cccc2c43)cc1. The van der Waals surface area contributed by atoms with Crippen LogP contribution < -0.4 is 31.1 Å². The molecule has 0 spiro atoms. The van der Waals surface area contributed by atoms with Gasteiger partial charge in [-0.25, -0.2) is 0 Å². The largest absolute Gasteiger partial charge is 0.456 e. The first-order valence-corrected chi connectivity index (χ1v) is 26.6. The van der Waals surface area contributed by atoms with Gasteiger partial charge in [0.25, 0.3) is 6.71 Å². The van der Waals surface area contributed by atoms with Crippen LogP contribution in [0.1, 0.15) is 52.7 Å². The fourth-order valence-electron chi connectivity index (χ4n) is 12.6. The Kier molecular flexibility index (Phi) is 9.51. The Bertz CT molecular complexity index is 4520. The summed E-state index contributed by atoms with van der Waals surface area (Å²) in [6, 6.07) is 80.8. The van der Waals surface area contributed by atoms with Gasteiger partial charge in [-0.3, -0.25) is 0 Å². The van der Waals surface area contributed by atoms with Crippen molar-refractivity contribution in [3.63, 3.8) is 0 Å². The zero-order chi connectivity index (χ0) is 51.2. The van der Waals surface area contributed by atoms with Crippen LogP contribution in [0.25, 0.3) is 65.4 Å². The predicted octanol–water partition coefficient (Wildman–Crippen LogP) is 17.9. The maximum Gasteiger partial charge on any atom is 0.252 e. The van der Waals surface area contributed by atoms with E-state index in [4.69, 9.17) is 8.83 Å². The molecule has 364 valence electrons. The van der Waals surface area contributed by atoms with Gasteiger partial charge in [-0.2, -0.15) is 0 Å². The normalized spacial score (nSPS) is 13.3. The highest BCUT2D eigenvalue weighted by atomic mass is 16.3. The second kappa shape index (κ2) is 16.3. The first-order chi connectivity index (χ1) is 36.9. The zero-order valence-corrected chi connectivity index (χ0v) is 43.5. The fourth-order valence-corrected chi connectivity index (χ4v) is 12.6. The molecule has 0 saturated heterocycles. The van der Waals surface area contributed by atoms with E-state index in [0.717, 1.165) is 95.1 Å². The van der Waals surface area contributed by atoms with Gasteiger partial charge < -0.3 is 23.5 Å². The summed E-state index contributed by atoms with van der Waals surface area (Å²) in [7, 11) is 0. The standard InChI is InChI=1S/C70H54BN3O2/c1-69(2,3)45-25-30-47(31-26-45)73-59-18-13-19-60-67(59)71(58-37-39-65-66(54-17-10-12-21-63(54)76-65)68(58)74(60)48-32-27-46(28-33-48)70(4,5)6)57-36-34-51(42-61(57)73)72(50-35-38-64-56(41-50)53-16-9-11-20-62(53)75-64)49-29-24-44-23-22-43-14-7-8-15-52(43)55(44)40-49/h7-42H,1-6H3. The Morgan fingerprint density at radius 1 is 0.368 bits per heavy atom. The quantitative estimate of drug-likeness (QED) is 0.127.